The van der Waals surface area contributed by atoms with Gasteiger partial charge in [-0.15, -0.1) is 0 Å². The van der Waals surface area contributed by atoms with Gasteiger partial charge in [-0.3, -0.25) is 0 Å². The van der Waals surface area contributed by atoms with Gasteiger partial charge in [-0.2, -0.15) is 0 Å². The minimum atomic E-state index is -0.338. The Labute approximate surface area is 118 Å². The maximum absolute atomic E-state index is 13.6. The lowest BCUT2D eigenvalue weighted by Crippen LogP contribution is -2.02. The summed E-state index contributed by atoms with van der Waals surface area (Å²) in [5.74, 6) is 0.790. The summed E-state index contributed by atoms with van der Waals surface area (Å²) in [7, 11) is 0. The molecular weight excluding hydrogens is 263 g/mol. The van der Waals surface area contributed by atoms with Crippen LogP contribution in [0.1, 0.15) is 30.9 Å². The topological polar surface area (TPSA) is 9.23 Å². The fourth-order valence-corrected chi connectivity index (χ4v) is 2.13. The summed E-state index contributed by atoms with van der Waals surface area (Å²) in [5, 5.41) is 0.391. The van der Waals surface area contributed by atoms with Crippen molar-refractivity contribution in [2.24, 2.45) is 0 Å². The number of benzene rings is 2. The van der Waals surface area contributed by atoms with Crippen molar-refractivity contribution < 1.29 is 9.13 Å². The summed E-state index contributed by atoms with van der Waals surface area (Å²) in [6, 6.07) is 12.4. The Hall–Kier alpha value is -1.54. The summed E-state index contributed by atoms with van der Waals surface area (Å²) in [4.78, 5) is 0. The standard InChI is InChI=1S/C16H16ClFO/c1-11(2)12-6-3-4-9-16(12)19-10-13-14(17)7-5-8-15(13)18/h3-9,11H,10H2,1-2H3. The predicted octanol–water partition coefficient (Wildman–Crippen LogP) is 5.18. The molecule has 0 heterocycles. The molecule has 0 atom stereocenters. The second kappa shape index (κ2) is 6.07. The van der Waals surface area contributed by atoms with Crippen LogP contribution in [-0.2, 0) is 6.61 Å². The molecule has 0 saturated carbocycles. The number of ether oxygens (including phenoxy) is 1. The van der Waals surface area contributed by atoms with Crippen molar-refractivity contribution in [2.75, 3.05) is 0 Å². The average Bonchev–Trinajstić information content (AvgIpc) is 2.38. The molecule has 0 bridgehead atoms. The van der Waals surface area contributed by atoms with Gasteiger partial charge in [-0.1, -0.05) is 49.7 Å². The summed E-state index contributed by atoms with van der Waals surface area (Å²) >= 11 is 5.98. The molecule has 3 heteroatoms. The summed E-state index contributed by atoms with van der Waals surface area (Å²) < 4.78 is 19.4. The summed E-state index contributed by atoms with van der Waals surface area (Å²) in [6.45, 7) is 4.33. The van der Waals surface area contributed by atoms with E-state index in [0.29, 0.717) is 16.5 Å². The number of para-hydroxylation sites is 1. The first kappa shape index (κ1) is 13.9. The van der Waals surface area contributed by atoms with Gasteiger partial charge in [0.15, 0.2) is 0 Å². The molecular formula is C16H16ClFO. The third-order valence-corrected chi connectivity index (χ3v) is 3.33. The third-order valence-electron chi connectivity index (χ3n) is 2.97. The normalized spacial score (nSPS) is 10.8. The van der Waals surface area contributed by atoms with Crippen molar-refractivity contribution in [3.63, 3.8) is 0 Å². The molecule has 100 valence electrons. The van der Waals surface area contributed by atoms with E-state index in [4.69, 9.17) is 16.3 Å². The van der Waals surface area contributed by atoms with Crippen LogP contribution in [0.5, 0.6) is 5.75 Å². The molecule has 0 fully saturated rings. The Bertz CT molecular complexity index is 546. The highest BCUT2D eigenvalue weighted by Crippen LogP contribution is 2.28. The summed E-state index contributed by atoms with van der Waals surface area (Å²) in [5.41, 5.74) is 1.50. The first-order chi connectivity index (χ1) is 9.09. The molecule has 0 radical (unpaired) electrons. The van der Waals surface area contributed by atoms with E-state index in [1.54, 1.807) is 12.1 Å². The third kappa shape index (κ3) is 3.27. The number of hydrogen-bond donors (Lipinski definition) is 0. The molecule has 19 heavy (non-hydrogen) atoms. The Balaban J connectivity index is 2.19. The molecule has 0 amide bonds. The van der Waals surface area contributed by atoms with Gasteiger partial charge < -0.3 is 4.74 Å². The van der Waals surface area contributed by atoms with Gasteiger partial charge in [0.2, 0.25) is 0 Å². The van der Waals surface area contributed by atoms with Gasteiger partial charge in [0.25, 0.3) is 0 Å². The van der Waals surface area contributed by atoms with Gasteiger partial charge in [-0.25, -0.2) is 4.39 Å². The number of halogens is 2. The van der Waals surface area contributed by atoms with Gasteiger partial charge in [0.1, 0.15) is 18.2 Å². The van der Waals surface area contributed by atoms with Gasteiger partial charge >= 0.3 is 0 Å². The molecule has 2 rings (SSSR count). The predicted molar refractivity (Wildman–Crippen MR) is 76.3 cm³/mol. The minimum absolute atomic E-state index is 0.134. The highest BCUT2D eigenvalue weighted by Gasteiger charge is 2.10. The fraction of sp³-hybridized carbons (Fsp3) is 0.250. The highest BCUT2D eigenvalue weighted by molar-refractivity contribution is 6.31. The smallest absolute Gasteiger partial charge is 0.131 e. The van der Waals surface area contributed by atoms with Gasteiger partial charge in [0.05, 0.1) is 5.02 Å². The van der Waals surface area contributed by atoms with Crippen molar-refractivity contribution in [1.29, 1.82) is 0 Å². The van der Waals surface area contributed by atoms with E-state index < -0.39 is 0 Å². The maximum Gasteiger partial charge on any atom is 0.131 e. The lowest BCUT2D eigenvalue weighted by atomic mass is 10.0. The van der Waals surface area contributed by atoms with Crippen molar-refractivity contribution >= 4 is 11.6 Å². The first-order valence-corrected chi connectivity index (χ1v) is 6.62. The molecule has 2 aromatic rings. The molecule has 1 nitrogen and oxygen atoms in total. The van der Waals surface area contributed by atoms with Crippen LogP contribution in [0.3, 0.4) is 0 Å². The highest BCUT2D eigenvalue weighted by atomic mass is 35.5. The van der Waals surface area contributed by atoms with Crippen LogP contribution in [0.2, 0.25) is 5.02 Å². The molecule has 0 aromatic heterocycles. The Morgan fingerprint density at radius 3 is 2.53 bits per heavy atom. The zero-order chi connectivity index (χ0) is 13.8. The van der Waals surface area contributed by atoms with E-state index in [-0.39, 0.29) is 12.4 Å². The lowest BCUT2D eigenvalue weighted by Gasteiger charge is -2.14. The van der Waals surface area contributed by atoms with Crippen molar-refractivity contribution in [3.8, 4) is 5.75 Å². The Kier molecular flexibility index (Phi) is 4.43. The molecule has 0 unspecified atom stereocenters. The second-order valence-corrected chi connectivity index (χ2v) is 5.09. The van der Waals surface area contributed by atoms with E-state index in [0.717, 1.165) is 11.3 Å². The van der Waals surface area contributed by atoms with Gasteiger partial charge in [0, 0.05) is 5.56 Å². The van der Waals surface area contributed by atoms with E-state index in [1.807, 2.05) is 24.3 Å². The fourth-order valence-electron chi connectivity index (χ4n) is 1.91. The van der Waals surface area contributed by atoms with Crippen molar-refractivity contribution in [3.05, 3.63) is 64.4 Å². The average molecular weight is 279 g/mol. The van der Waals surface area contributed by atoms with E-state index in [9.17, 15) is 4.39 Å². The molecule has 0 aliphatic carbocycles. The lowest BCUT2D eigenvalue weighted by molar-refractivity contribution is 0.296. The monoisotopic (exact) mass is 278 g/mol. The number of rotatable bonds is 4. The second-order valence-electron chi connectivity index (χ2n) is 4.68. The Morgan fingerprint density at radius 2 is 1.84 bits per heavy atom. The summed E-state index contributed by atoms with van der Waals surface area (Å²) in [6.07, 6.45) is 0. The van der Waals surface area contributed by atoms with E-state index in [1.165, 1.54) is 6.07 Å². The van der Waals surface area contributed by atoms with Crippen LogP contribution in [0.15, 0.2) is 42.5 Å². The zero-order valence-electron chi connectivity index (χ0n) is 11.0. The van der Waals surface area contributed by atoms with Crippen LogP contribution < -0.4 is 4.74 Å². The van der Waals surface area contributed by atoms with Crippen LogP contribution >= 0.6 is 11.6 Å². The molecule has 0 saturated heterocycles. The zero-order valence-corrected chi connectivity index (χ0v) is 11.7. The minimum Gasteiger partial charge on any atom is -0.488 e. The molecule has 0 N–H and O–H groups in total. The maximum atomic E-state index is 13.6. The van der Waals surface area contributed by atoms with Crippen LogP contribution in [0.25, 0.3) is 0 Å². The van der Waals surface area contributed by atoms with Crippen molar-refractivity contribution in [2.45, 2.75) is 26.4 Å². The first-order valence-electron chi connectivity index (χ1n) is 6.24. The Morgan fingerprint density at radius 1 is 1.11 bits per heavy atom. The quantitative estimate of drug-likeness (QED) is 0.748. The number of hydrogen-bond acceptors (Lipinski definition) is 1. The van der Waals surface area contributed by atoms with Crippen LogP contribution in [0, 0.1) is 5.82 Å². The van der Waals surface area contributed by atoms with Gasteiger partial charge in [-0.05, 0) is 29.7 Å². The van der Waals surface area contributed by atoms with Crippen LogP contribution in [-0.4, -0.2) is 0 Å². The molecule has 0 aliphatic rings. The van der Waals surface area contributed by atoms with E-state index >= 15 is 0 Å². The molecule has 0 spiro atoms. The van der Waals surface area contributed by atoms with Crippen LogP contribution in [0.4, 0.5) is 4.39 Å². The molecule has 0 aliphatic heterocycles. The molecule has 2 aromatic carbocycles. The largest absolute Gasteiger partial charge is 0.488 e. The van der Waals surface area contributed by atoms with E-state index in [2.05, 4.69) is 13.8 Å². The van der Waals surface area contributed by atoms with Crippen molar-refractivity contribution in [1.82, 2.24) is 0 Å². The SMILES string of the molecule is CC(C)c1ccccc1OCc1c(F)cccc1Cl.